The summed E-state index contributed by atoms with van der Waals surface area (Å²) in [6.45, 7) is 8.16. The quantitative estimate of drug-likeness (QED) is 0.458. The maximum Gasteiger partial charge on any atom is 0.338 e. The van der Waals surface area contributed by atoms with Crippen molar-refractivity contribution >= 4 is 11.9 Å². The molecule has 0 aliphatic heterocycles. The largest absolute Gasteiger partial charge is 0.459 e. The molecule has 29 heavy (non-hydrogen) atoms. The first kappa shape index (κ1) is 22.7. The highest BCUT2D eigenvalue weighted by atomic mass is 16.6. The van der Waals surface area contributed by atoms with E-state index in [1.807, 2.05) is 57.2 Å². The molecule has 0 aliphatic rings. The summed E-state index contributed by atoms with van der Waals surface area (Å²) in [5, 5.41) is 0. The lowest BCUT2D eigenvalue weighted by molar-refractivity contribution is -0.0756. The molecule has 0 spiro atoms. The fourth-order valence-corrected chi connectivity index (χ4v) is 3.54. The Balaban J connectivity index is 2.20. The van der Waals surface area contributed by atoms with Gasteiger partial charge in [-0.1, -0.05) is 70.5 Å². The molecule has 2 rings (SSSR count). The van der Waals surface area contributed by atoms with E-state index in [2.05, 4.69) is 6.92 Å². The molecule has 0 saturated carbocycles. The number of carbonyl (C=O) groups is 2. The molecular weight excluding hydrogens is 364 g/mol. The van der Waals surface area contributed by atoms with E-state index in [9.17, 15) is 9.59 Å². The molecule has 0 aromatic heterocycles. The van der Waals surface area contributed by atoms with Gasteiger partial charge in [0.25, 0.3) is 0 Å². The first-order valence-electron chi connectivity index (χ1n) is 10.5. The van der Waals surface area contributed by atoms with Crippen LogP contribution in [0.15, 0.2) is 60.7 Å². The van der Waals surface area contributed by atoms with Crippen LogP contribution in [-0.2, 0) is 9.47 Å². The summed E-state index contributed by atoms with van der Waals surface area (Å²) in [7, 11) is 0. The molecule has 2 unspecified atom stereocenters. The molecule has 0 heterocycles. The Labute approximate surface area is 174 Å². The summed E-state index contributed by atoms with van der Waals surface area (Å²) < 4.78 is 11.9. The van der Waals surface area contributed by atoms with E-state index in [4.69, 9.17) is 9.47 Å². The Bertz CT molecular complexity index is 770. The highest BCUT2D eigenvalue weighted by molar-refractivity contribution is 5.90. The van der Waals surface area contributed by atoms with Crippen molar-refractivity contribution in [2.45, 2.75) is 65.1 Å². The van der Waals surface area contributed by atoms with Crippen LogP contribution in [0.5, 0.6) is 0 Å². The summed E-state index contributed by atoms with van der Waals surface area (Å²) in [4.78, 5) is 25.4. The van der Waals surface area contributed by atoms with Gasteiger partial charge >= 0.3 is 11.9 Å². The average Bonchev–Trinajstić information content (AvgIpc) is 2.74. The van der Waals surface area contributed by atoms with Gasteiger partial charge in [0.05, 0.1) is 11.1 Å². The van der Waals surface area contributed by atoms with Crippen molar-refractivity contribution in [3.63, 3.8) is 0 Å². The second kappa shape index (κ2) is 10.8. The van der Waals surface area contributed by atoms with Crippen LogP contribution in [0.25, 0.3) is 0 Å². The van der Waals surface area contributed by atoms with E-state index < -0.39 is 5.60 Å². The Kier molecular flexibility index (Phi) is 8.44. The number of carbonyl (C=O) groups excluding carboxylic acids is 2. The van der Waals surface area contributed by atoms with Gasteiger partial charge in [0.15, 0.2) is 0 Å². The van der Waals surface area contributed by atoms with Crippen molar-refractivity contribution < 1.29 is 19.1 Å². The SMILES string of the molecule is CCCC(CC(CC)(OC(=O)c1ccccc1)C(C)C)OC(=O)c1ccccc1. The van der Waals surface area contributed by atoms with Gasteiger partial charge in [-0.3, -0.25) is 0 Å². The minimum atomic E-state index is -0.705. The molecule has 0 N–H and O–H groups in total. The molecule has 4 heteroatoms. The number of ether oxygens (including phenoxy) is 2. The van der Waals surface area contributed by atoms with Crippen LogP contribution < -0.4 is 0 Å². The minimum absolute atomic E-state index is 0.0787. The van der Waals surface area contributed by atoms with Crippen LogP contribution in [0.3, 0.4) is 0 Å². The van der Waals surface area contributed by atoms with Crippen molar-refractivity contribution in [2.75, 3.05) is 0 Å². The third kappa shape index (κ3) is 6.18. The Morgan fingerprint density at radius 2 is 1.38 bits per heavy atom. The molecule has 0 radical (unpaired) electrons. The third-order valence-electron chi connectivity index (χ3n) is 5.42. The van der Waals surface area contributed by atoms with E-state index in [-0.39, 0.29) is 24.0 Å². The Hall–Kier alpha value is -2.62. The molecule has 0 saturated heterocycles. The molecule has 2 atom stereocenters. The van der Waals surface area contributed by atoms with E-state index in [0.29, 0.717) is 24.0 Å². The van der Waals surface area contributed by atoms with Crippen LogP contribution in [-0.4, -0.2) is 23.6 Å². The molecule has 0 fully saturated rings. The Morgan fingerprint density at radius 1 is 0.862 bits per heavy atom. The number of esters is 2. The maximum absolute atomic E-state index is 12.8. The van der Waals surface area contributed by atoms with Gasteiger partial charge < -0.3 is 9.47 Å². The van der Waals surface area contributed by atoms with Crippen LogP contribution in [0, 0.1) is 5.92 Å². The lowest BCUT2D eigenvalue weighted by atomic mass is 9.81. The van der Waals surface area contributed by atoms with Crippen LogP contribution in [0.2, 0.25) is 0 Å². The molecule has 2 aromatic carbocycles. The van der Waals surface area contributed by atoms with Gasteiger partial charge in [-0.25, -0.2) is 9.59 Å². The fourth-order valence-electron chi connectivity index (χ4n) is 3.54. The smallest absolute Gasteiger partial charge is 0.338 e. The zero-order valence-electron chi connectivity index (χ0n) is 17.9. The second-order valence-electron chi connectivity index (χ2n) is 7.71. The van der Waals surface area contributed by atoms with Crippen molar-refractivity contribution in [3.05, 3.63) is 71.8 Å². The number of rotatable bonds is 10. The van der Waals surface area contributed by atoms with Crippen LogP contribution in [0.4, 0.5) is 0 Å². The zero-order valence-corrected chi connectivity index (χ0v) is 17.9. The summed E-state index contributed by atoms with van der Waals surface area (Å²) in [6.07, 6.45) is 2.39. The van der Waals surface area contributed by atoms with Crippen molar-refractivity contribution in [1.29, 1.82) is 0 Å². The predicted molar refractivity (Wildman–Crippen MR) is 115 cm³/mol. The first-order valence-corrected chi connectivity index (χ1v) is 10.5. The first-order chi connectivity index (χ1) is 13.9. The second-order valence-corrected chi connectivity index (χ2v) is 7.71. The van der Waals surface area contributed by atoms with Crippen LogP contribution in [0.1, 0.15) is 74.1 Å². The number of hydrogen-bond donors (Lipinski definition) is 0. The standard InChI is InChI=1S/C25H32O4/c1-5-13-22(28-23(26)20-14-9-7-10-15-20)18-25(6-2,19(3)4)29-24(27)21-16-11-8-12-17-21/h7-12,14-17,19,22H,5-6,13,18H2,1-4H3. The van der Waals surface area contributed by atoms with E-state index >= 15 is 0 Å². The highest BCUT2D eigenvalue weighted by Crippen LogP contribution is 2.34. The van der Waals surface area contributed by atoms with Crippen molar-refractivity contribution in [2.24, 2.45) is 5.92 Å². The van der Waals surface area contributed by atoms with E-state index in [0.717, 1.165) is 12.8 Å². The van der Waals surface area contributed by atoms with Crippen molar-refractivity contribution in [3.8, 4) is 0 Å². The Morgan fingerprint density at radius 3 is 1.83 bits per heavy atom. The predicted octanol–water partition coefficient (Wildman–Crippen LogP) is 6.06. The lowest BCUT2D eigenvalue weighted by Gasteiger charge is -2.38. The average molecular weight is 397 g/mol. The highest BCUT2D eigenvalue weighted by Gasteiger charge is 2.39. The van der Waals surface area contributed by atoms with E-state index in [1.165, 1.54) is 0 Å². The van der Waals surface area contributed by atoms with Gasteiger partial charge in [-0.15, -0.1) is 0 Å². The van der Waals surface area contributed by atoms with Gasteiger partial charge in [0, 0.05) is 6.42 Å². The molecule has 156 valence electrons. The molecule has 4 nitrogen and oxygen atoms in total. The molecule has 0 bridgehead atoms. The van der Waals surface area contributed by atoms with Gasteiger partial charge in [-0.05, 0) is 43.0 Å². The number of hydrogen-bond acceptors (Lipinski definition) is 4. The summed E-state index contributed by atoms with van der Waals surface area (Å²) in [5.41, 5.74) is 0.352. The maximum atomic E-state index is 12.8. The van der Waals surface area contributed by atoms with Crippen molar-refractivity contribution in [1.82, 2.24) is 0 Å². The minimum Gasteiger partial charge on any atom is -0.459 e. The molecule has 0 aliphatic carbocycles. The monoisotopic (exact) mass is 396 g/mol. The number of benzene rings is 2. The van der Waals surface area contributed by atoms with Gasteiger partial charge in [0.2, 0.25) is 0 Å². The lowest BCUT2D eigenvalue weighted by Crippen LogP contribution is -2.44. The molecule has 2 aromatic rings. The topological polar surface area (TPSA) is 52.6 Å². The van der Waals surface area contributed by atoms with E-state index in [1.54, 1.807) is 24.3 Å². The molecular formula is C25H32O4. The summed E-state index contributed by atoms with van der Waals surface area (Å²) in [5.74, 6) is -0.604. The molecule has 0 amide bonds. The summed E-state index contributed by atoms with van der Waals surface area (Å²) in [6, 6.07) is 18.0. The third-order valence-corrected chi connectivity index (χ3v) is 5.42. The van der Waals surface area contributed by atoms with Gasteiger partial charge in [0.1, 0.15) is 11.7 Å². The normalized spacial score (nSPS) is 14.1. The summed E-state index contributed by atoms with van der Waals surface area (Å²) >= 11 is 0. The fraction of sp³-hybridized carbons (Fsp3) is 0.440. The zero-order chi connectivity index (χ0) is 21.3. The van der Waals surface area contributed by atoms with Gasteiger partial charge in [-0.2, -0.15) is 0 Å². The van der Waals surface area contributed by atoms with Crippen LogP contribution >= 0.6 is 0 Å².